The molecule has 30 heavy (non-hydrogen) atoms. The van der Waals surface area contributed by atoms with Crippen molar-refractivity contribution in [2.75, 3.05) is 22.3 Å². The summed E-state index contributed by atoms with van der Waals surface area (Å²) in [4.78, 5) is 27.1. The summed E-state index contributed by atoms with van der Waals surface area (Å²) in [6.45, 7) is 2.02. The van der Waals surface area contributed by atoms with E-state index in [2.05, 4.69) is 30.7 Å². The number of aromatic amines is 1. The van der Waals surface area contributed by atoms with E-state index in [0.717, 1.165) is 11.3 Å². The van der Waals surface area contributed by atoms with Gasteiger partial charge >= 0.3 is 6.18 Å². The third-order valence-corrected chi connectivity index (χ3v) is 4.54. The summed E-state index contributed by atoms with van der Waals surface area (Å²) in [5, 5.41) is 3.94. The Bertz CT molecular complexity index is 1080. The van der Waals surface area contributed by atoms with Crippen LogP contribution >= 0.6 is 0 Å². The lowest BCUT2D eigenvalue weighted by Gasteiger charge is -2.20. The minimum absolute atomic E-state index is 0.121. The molecule has 0 saturated heterocycles. The molecule has 0 aliphatic carbocycles. The van der Waals surface area contributed by atoms with E-state index in [9.17, 15) is 18.0 Å². The number of alkyl halides is 3. The average molecular weight is 417 g/mol. The molecule has 0 spiro atoms. The number of imidazole rings is 1. The Labute approximate surface area is 169 Å². The zero-order valence-electron chi connectivity index (χ0n) is 15.9. The zero-order valence-corrected chi connectivity index (χ0v) is 15.9. The maximum Gasteiger partial charge on any atom is 0.421 e. The average Bonchev–Trinajstić information content (AvgIpc) is 3.24. The second-order valence-electron chi connectivity index (χ2n) is 6.79. The molecule has 0 radical (unpaired) electrons. The van der Waals surface area contributed by atoms with Gasteiger partial charge in [-0.05, 0) is 18.6 Å². The Kier molecular flexibility index (Phi) is 5.02. The number of aryl methyl sites for hydroxylation is 1. The third-order valence-electron chi connectivity index (χ3n) is 4.54. The van der Waals surface area contributed by atoms with Gasteiger partial charge in [0.15, 0.2) is 0 Å². The Hall–Kier alpha value is -3.63. The van der Waals surface area contributed by atoms with Crippen molar-refractivity contribution < 1.29 is 18.0 Å². The standard InChI is InChI=1S/C19H18F3N7O/c1-11-9-24-15(26-11)6-7-23-17-13(19(20,21)22)10-25-18(27-17)28-29-14-5-3-2-4-12(14)8-16(29)30/h2-5,9-10H,6-8H2,1H3,(H,24,26)(H2,23,25,27,28). The van der Waals surface area contributed by atoms with Gasteiger partial charge in [0.1, 0.15) is 17.2 Å². The Morgan fingerprint density at radius 2 is 2.00 bits per heavy atom. The summed E-state index contributed by atoms with van der Waals surface area (Å²) in [5.74, 6) is -0.0877. The van der Waals surface area contributed by atoms with E-state index in [-0.39, 0.29) is 30.6 Å². The van der Waals surface area contributed by atoms with Crippen LogP contribution in [0.1, 0.15) is 22.6 Å². The monoisotopic (exact) mass is 417 g/mol. The van der Waals surface area contributed by atoms with E-state index >= 15 is 0 Å². The predicted molar refractivity (Wildman–Crippen MR) is 104 cm³/mol. The molecule has 11 heteroatoms. The van der Waals surface area contributed by atoms with Gasteiger partial charge in [-0.2, -0.15) is 18.2 Å². The predicted octanol–water partition coefficient (Wildman–Crippen LogP) is 3.10. The number of carbonyl (C=O) groups excluding carboxylic acids is 1. The molecule has 1 aromatic carbocycles. The highest BCUT2D eigenvalue weighted by atomic mass is 19.4. The number of nitrogens with zero attached hydrogens (tertiary/aromatic N) is 4. The van der Waals surface area contributed by atoms with E-state index in [1.807, 2.05) is 19.1 Å². The molecule has 3 heterocycles. The number of hydrogen-bond donors (Lipinski definition) is 3. The molecule has 2 aromatic heterocycles. The lowest BCUT2D eigenvalue weighted by atomic mass is 10.2. The van der Waals surface area contributed by atoms with Crippen molar-refractivity contribution >= 4 is 23.4 Å². The van der Waals surface area contributed by atoms with Gasteiger partial charge in [0, 0.05) is 31.1 Å². The van der Waals surface area contributed by atoms with Gasteiger partial charge in [-0.1, -0.05) is 18.2 Å². The van der Waals surface area contributed by atoms with Crippen LogP contribution < -0.4 is 15.8 Å². The lowest BCUT2D eigenvalue weighted by molar-refractivity contribution is -0.137. The van der Waals surface area contributed by atoms with E-state index in [0.29, 0.717) is 24.1 Å². The molecular formula is C19H18F3N7O. The molecule has 1 amide bonds. The van der Waals surface area contributed by atoms with E-state index in [1.54, 1.807) is 18.3 Å². The van der Waals surface area contributed by atoms with Crippen LogP contribution in [0, 0.1) is 6.92 Å². The number of hydrogen-bond acceptors (Lipinski definition) is 6. The summed E-state index contributed by atoms with van der Waals surface area (Å²) in [7, 11) is 0. The number of para-hydroxylation sites is 1. The van der Waals surface area contributed by atoms with Crippen molar-refractivity contribution in [3.05, 3.63) is 59.3 Å². The van der Waals surface area contributed by atoms with Crippen molar-refractivity contribution in [3.63, 3.8) is 0 Å². The van der Waals surface area contributed by atoms with Crippen LogP contribution in [0.15, 0.2) is 36.7 Å². The number of H-pyrrole nitrogens is 1. The molecule has 4 rings (SSSR count). The molecule has 156 valence electrons. The zero-order chi connectivity index (χ0) is 21.3. The molecule has 1 aliphatic rings. The molecule has 0 atom stereocenters. The van der Waals surface area contributed by atoms with Crippen molar-refractivity contribution in [1.82, 2.24) is 19.9 Å². The Balaban J connectivity index is 1.54. The fourth-order valence-electron chi connectivity index (χ4n) is 3.15. The first-order chi connectivity index (χ1) is 14.3. The number of carbonyl (C=O) groups is 1. The first kappa shape index (κ1) is 19.7. The molecule has 3 N–H and O–H groups in total. The van der Waals surface area contributed by atoms with Crippen LogP contribution in [0.5, 0.6) is 0 Å². The van der Waals surface area contributed by atoms with Crippen molar-refractivity contribution in [1.29, 1.82) is 0 Å². The minimum Gasteiger partial charge on any atom is -0.369 e. The minimum atomic E-state index is -4.63. The third kappa shape index (κ3) is 4.04. The van der Waals surface area contributed by atoms with Gasteiger partial charge in [-0.3, -0.25) is 10.2 Å². The fraction of sp³-hybridized carbons (Fsp3) is 0.263. The Morgan fingerprint density at radius 1 is 1.20 bits per heavy atom. The van der Waals surface area contributed by atoms with Gasteiger partial charge < -0.3 is 10.3 Å². The summed E-state index contributed by atoms with van der Waals surface area (Å²) in [6, 6.07) is 7.13. The number of nitrogens with one attached hydrogen (secondary N) is 3. The number of amides is 1. The fourth-order valence-corrected chi connectivity index (χ4v) is 3.15. The number of benzene rings is 1. The number of rotatable bonds is 6. The maximum absolute atomic E-state index is 13.4. The molecule has 1 aliphatic heterocycles. The van der Waals surface area contributed by atoms with Crippen LogP contribution in [0.3, 0.4) is 0 Å². The smallest absolute Gasteiger partial charge is 0.369 e. The molecule has 0 saturated carbocycles. The number of aromatic nitrogens is 4. The van der Waals surface area contributed by atoms with E-state index < -0.39 is 11.7 Å². The number of anilines is 3. The molecule has 0 bridgehead atoms. The van der Waals surface area contributed by atoms with Crippen LogP contribution in [0.4, 0.5) is 30.6 Å². The highest BCUT2D eigenvalue weighted by Crippen LogP contribution is 2.34. The van der Waals surface area contributed by atoms with Crippen LogP contribution in [-0.4, -0.2) is 32.4 Å². The quantitative estimate of drug-likeness (QED) is 0.570. The molecule has 8 nitrogen and oxygen atoms in total. The summed E-state index contributed by atoms with van der Waals surface area (Å²) >= 11 is 0. The lowest BCUT2D eigenvalue weighted by Crippen LogP contribution is -2.34. The van der Waals surface area contributed by atoms with Crippen molar-refractivity contribution in [3.8, 4) is 0 Å². The second kappa shape index (κ2) is 7.65. The first-order valence-electron chi connectivity index (χ1n) is 9.17. The van der Waals surface area contributed by atoms with Crippen LogP contribution in [-0.2, 0) is 23.8 Å². The first-order valence-corrected chi connectivity index (χ1v) is 9.17. The van der Waals surface area contributed by atoms with E-state index in [1.165, 1.54) is 5.01 Å². The van der Waals surface area contributed by atoms with Crippen molar-refractivity contribution in [2.45, 2.75) is 25.9 Å². The largest absolute Gasteiger partial charge is 0.421 e. The topological polar surface area (TPSA) is 98.8 Å². The number of halogens is 3. The van der Waals surface area contributed by atoms with Gasteiger partial charge in [0.2, 0.25) is 11.9 Å². The maximum atomic E-state index is 13.4. The molecule has 3 aromatic rings. The van der Waals surface area contributed by atoms with Gasteiger partial charge in [-0.15, -0.1) is 0 Å². The van der Waals surface area contributed by atoms with Crippen LogP contribution in [0.2, 0.25) is 0 Å². The number of hydrazine groups is 1. The molecule has 0 unspecified atom stereocenters. The van der Waals surface area contributed by atoms with Gasteiger partial charge in [-0.25, -0.2) is 15.0 Å². The highest BCUT2D eigenvalue weighted by molar-refractivity contribution is 6.02. The van der Waals surface area contributed by atoms with E-state index in [4.69, 9.17) is 0 Å². The summed E-state index contributed by atoms with van der Waals surface area (Å²) in [5.41, 5.74) is 4.02. The molecule has 0 fully saturated rings. The number of fused-ring (bicyclic) bond motifs is 1. The molecular weight excluding hydrogens is 399 g/mol. The highest BCUT2D eigenvalue weighted by Gasteiger charge is 2.36. The second-order valence-corrected chi connectivity index (χ2v) is 6.79. The summed E-state index contributed by atoms with van der Waals surface area (Å²) < 4.78 is 40.1. The normalized spacial score (nSPS) is 13.5. The summed E-state index contributed by atoms with van der Waals surface area (Å²) in [6.07, 6.45) is -1.71. The SMILES string of the molecule is Cc1cnc(CCNc2nc(NN3C(=O)Cc4ccccc43)ncc2C(F)(F)F)[nH]1. The van der Waals surface area contributed by atoms with Gasteiger partial charge in [0.25, 0.3) is 0 Å². The van der Waals surface area contributed by atoms with Gasteiger partial charge in [0.05, 0.1) is 12.1 Å². The van der Waals surface area contributed by atoms with Crippen LogP contribution in [0.25, 0.3) is 0 Å². The van der Waals surface area contributed by atoms with Crippen molar-refractivity contribution in [2.24, 2.45) is 0 Å². The Morgan fingerprint density at radius 3 is 2.73 bits per heavy atom.